The minimum absolute atomic E-state index is 0.0181. The van der Waals surface area contributed by atoms with Gasteiger partial charge in [0.15, 0.2) is 0 Å². The lowest BCUT2D eigenvalue weighted by Crippen LogP contribution is -2.53. The number of aromatic nitrogens is 6. The number of allylic oxidation sites excluding steroid dienone is 3. The highest BCUT2D eigenvalue weighted by Crippen LogP contribution is 2.69. The van der Waals surface area contributed by atoms with Gasteiger partial charge in [-0.05, 0) is 341 Å². The van der Waals surface area contributed by atoms with Crippen LogP contribution in [0.3, 0.4) is 0 Å². The zero-order chi connectivity index (χ0) is 71.0. The van der Waals surface area contributed by atoms with E-state index in [9.17, 15) is 8.42 Å². The summed E-state index contributed by atoms with van der Waals surface area (Å²) < 4.78 is 48.6. The van der Waals surface area contributed by atoms with Gasteiger partial charge < -0.3 is 19.5 Å². The number of hydrogen-bond acceptors (Lipinski definition) is 9. The molecular weight excluding hydrogens is 1290 g/mol. The number of sulfonamides is 1. The van der Waals surface area contributed by atoms with E-state index in [1.807, 2.05) is 11.1 Å². The van der Waals surface area contributed by atoms with Gasteiger partial charge in [0.2, 0.25) is 10.0 Å². The molecule has 14 heteroatoms. The Morgan fingerprint density at radius 2 is 0.845 bits per heavy atom. The van der Waals surface area contributed by atoms with Crippen molar-refractivity contribution >= 4 is 10.0 Å². The van der Waals surface area contributed by atoms with Gasteiger partial charge in [0.25, 0.3) is 0 Å². The van der Waals surface area contributed by atoms with Crippen molar-refractivity contribution in [1.82, 2.24) is 40.2 Å². The fourth-order valence-electron chi connectivity index (χ4n) is 31.0. The van der Waals surface area contributed by atoms with Gasteiger partial charge in [0.05, 0.1) is 66.0 Å². The highest BCUT2D eigenvalue weighted by molar-refractivity contribution is 7.88. The average Bonchev–Trinajstić information content (AvgIpc) is 1.59. The number of fused-ring (bicyclic) bond motifs is 21. The third-order valence-electron chi connectivity index (χ3n) is 36.6. The fraction of sp³-hybridized carbons (Fsp3) is 0.831. The van der Waals surface area contributed by atoms with Crippen LogP contribution in [0.5, 0.6) is 0 Å². The minimum Gasteiger partial charge on any atom is -0.371 e. The van der Waals surface area contributed by atoms with Crippen LogP contribution in [0.15, 0.2) is 52.0 Å². The first kappa shape index (κ1) is 70.0. The summed E-state index contributed by atoms with van der Waals surface area (Å²) >= 11 is 0. The second-order valence-corrected chi connectivity index (χ2v) is 43.4. The summed E-state index contributed by atoms with van der Waals surface area (Å²) in [6, 6.07) is 0.542. The van der Waals surface area contributed by atoms with Gasteiger partial charge in [0, 0.05) is 41.5 Å². The van der Waals surface area contributed by atoms with Gasteiger partial charge in [-0.1, -0.05) is 102 Å². The van der Waals surface area contributed by atoms with E-state index in [1.165, 1.54) is 207 Å². The first-order chi connectivity index (χ1) is 49.3. The Kier molecular flexibility index (Phi) is 17.0. The molecule has 3 spiro atoms. The molecule has 0 unspecified atom stereocenters. The Bertz CT molecular complexity index is 3840. The zero-order valence-corrected chi connectivity index (χ0v) is 66.6. The van der Waals surface area contributed by atoms with E-state index in [0.29, 0.717) is 58.8 Å². The summed E-state index contributed by atoms with van der Waals surface area (Å²) in [7, 11) is -3.26. The van der Waals surface area contributed by atoms with Crippen molar-refractivity contribution in [3.05, 3.63) is 85.8 Å². The maximum absolute atomic E-state index is 12.8. The van der Waals surface area contributed by atoms with Gasteiger partial charge in [0.1, 0.15) is 0 Å². The molecule has 21 rings (SSSR count). The van der Waals surface area contributed by atoms with Crippen LogP contribution >= 0.6 is 0 Å². The number of H-pyrrole nitrogens is 3. The molecule has 18 aliphatic rings. The molecule has 5 aliphatic heterocycles. The molecule has 12 fully saturated rings. The Morgan fingerprint density at radius 3 is 1.30 bits per heavy atom. The number of nitrogens with zero attached hydrogens (tertiary/aromatic N) is 4. The molecule has 8 heterocycles. The second-order valence-electron chi connectivity index (χ2n) is 41.5. The molecule has 3 aromatic rings. The van der Waals surface area contributed by atoms with Crippen LogP contribution in [0.4, 0.5) is 0 Å². The normalized spacial score (nSPS) is 49.8. The number of piperidine rings is 2. The van der Waals surface area contributed by atoms with Crippen LogP contribution in [0, 0.1) is 129 Å². The molecule has 564 valence electrons. The smallest absolute Gasteiger partial charge is 0.211 e. The van der Waals surface area contributed by atoms with Gasteiger partial charge >= 0.3 is 0 Å². The molecule has 0 radical (unpaired) electrons. The molecule has 4 N–H and O–H groups in total. The molecule has 5 saturated heterocycles. The Morgan fingerprint density at radius 1 is 0.447 bits per heavy atom. The monoisotopic (exact) mass is 1430 g/mol. The molecule has 30 atom stereocenters. The topological polar surface area (TPSA) is 163 Å². The van der Waals surface area contributed by atoms with Crippen LogP contribution in [0.25, 0.3) is 0 Å². The van der Waals surface area contributed by atoms with Gasteiger partial charge in [-0.25, -0.2) is 8.42 Å². The standard InChI is InChI=1S/C30H45N3O3S.C30H44N2O.C29H43N3O/c1-17-10-27-28(33(16-17)37(5,34)35)19(3)30(36-27)9-8-22-23-7-6-21-11-26-20(15-31-32-26)14-29(21,4)25(23)12-24(22)18(2)13-30;1-17-5-7-22-19(3)30(33-28(22)11-17)10-9-23-24-8-6-21-12-27-20(16-31-32-27)15-29(21,4)26(24)13-25(23)18(2)14-30;1-16-9-26-27(30-14-16)18(3)29(33-26)8-7-21-22-6-5-20-10-25-19(15-31-32-25)13-28(20,4)24(22)11-23(21)17(2)12-29/h15,17,19,21-23,25,27-28H,6-14,16H2,1-5H3,(H,31,32);16-17,19,21-24,26,28H,5-15H2,1-4H3,(H,31,32);15-16,18,20-22,24,26-27,30H,5-14H2,1-4H3,(H,31,32)/t17-,19+,21+,22-,23-,25-,27+,28-,29-,30-;17-,19-,21+,22+,23+,24+,26+,28-,29+,30+;16-,18+,20+,21-,22-,24-,26+,27-,28-,29-/m010/s1. The Balaban J connectivity index is 0.000000107. The number of rotatable bonds is 1. The summed E-state index contributed by atoms with van der Waals surface area (Å²) in [6.07, 6.45) is 45.6. The zero-order valence-electron chi connectivity index (χ0n) is 65.7. The van der Waals surface area contributed by atoms with E-state index in [4.69, 9.17) is 14.2 Å². The van der Waals surface area contributed by atoms with Crippen LogP contribution in [0.1, 0.15) is 265 Å². The number of aromatic amines is 3. The SMILES string of the molecule is CC1=C2C[C@H]3[C@@H](CC[C@@H]4Cc5[nH]ncc5C[C@@]43C)[C@@H]2CC[C@@]2(C1)O[C@@H]1C[C@H](C)CN(S(C)(=O)=O)[C@H]1[C@H]2C.CC1=C2C[C@H]3[C@@H](CC[C@@H]4Cc5[nH]ncc5C[C@@]43C)[C@@H]2CC[C@@]2(C1)O[C@@H]1C[C@H](C)CN[C@H]1[C@H]2C.CC1=C2C[C@H]3[C@@H](CC[C@H]4Cc5[nH]ncc5C[C@@]43C)[C@@H]2CC[C@@]2(C1)O[C@@H]1C[C@H](C)CC[C@H]1[C@H]2C. The predicted octanol–water partition coefficient (Wildman–Crippen LogP) is 17.5. The summed E-state index contributed by atoms with van der Waals surface area (Å²) in [4.78, 5) is 0. The van der Waals surface area contributed by atoms with Gasteiger partial charge in [-0.2, -0.15) is 19.6 Å². The average molecular weight is 1430 g/mol. The Hall–Kier alpha value is -3.40. The third-order valence-corrected chi connectivity index (χ3v) is 37.8. The van der Waals surface area contributed by atoms with E-state index in [1.54, 1.807) is 26.6 Å². The van der Waals surface area contributed by atoms with Gasteiger partial charge in [-0.3, -0.25) is 15.3 Å². The molecule has 0 bridgehead atoms. The van der Waals surface area contributed by atoms with Crippen LogP contribution < -0.4 is 5.32 Å². The molecular formula is C89H132N8O5S. The van der Waals surface area contributed by atoms with Crippen molar-refractivity contribution in [3.8, 4) is 0 Å². The summed E-state index contributed by atoms with van der Waals surface area (Å²) in [6.45, 7) is 31.4. The summed E-state index contributed by atoms with van der Waals surface area (Å²) in [5.41, 5.74) is 20.4. The van der Waals surface area contributed by atoms with Crippen LogP contribution in [0.2, 0.25) is 0 Å². The first-order valence-corrected chi connectivity index (χ1v) is 44.9. The highest BCUT2D eigenvalue weighted by atomic mass is 32.2. The first-order valence-electron chi connectivity index (χ1n) is 43.1. The quantitative estimate of drug-likeness (QED) is 0.174. The van der Waals surface area contributed by atoms with E-state index in [0.717, 1.165) is 115 Å². The van der Waals surface area contributed by atoms with Crippen molar-refractivity contribution in [3.63, 3.8) is 0 Å². The van der Waals surface area contributed by atoms with E-state index >= 15 is 0 Å². The number of ether oxygens (including phenoxy) is 3. The Labute approximate surface area is 619 Å². The predicted molar refractivity (Wildman–Crippen MR) is 407 cm³/mol. The maximum atomic E-state index is 12.8. The molecule has 13 nitrogen and oxygen atoms in total. The van der Waals surface area contributed by atoms with Crippen molar-refractivity contribution in [2.75, 3.05) is 19.3 Å². The van der Waals surface area contributed by atoms with Gasteiger partial charge in [-0.15, -0.1) is 0 Å². The lowest BCUT2D eigenvalue weighted by atomic mass is 9.52. The van der Waals surface area contributed by atoms with Crippen molar-refractivity contribution in [2.24, 2.45) is 129 Å². The lowest BCUT2D eigenvalue weighted by Gasteiger charge is -2.52. The fourth-order valence-corrected chi connectivity index (χ4v) is 32.3. The van der Waals surface area contributed by atoms with E-state index in [2.05, 4.69) is 138 Å². The molecule has 0 amide bonds. The van der Waals surface area contributed by atoms with Crippen LogP contribution in [-0.4, -0.2) is 110 Å². The largest absolute Gasteiger partial charge is 0.371 e. The van der Waals surface area contributed by atoms with Crippen molar-refractivity contribution in [2.45, 2.75) is 316 Å². The summed E-state index contributed by atoms with van der Waals surface area (Å²) in [5, 5.41) is 27.0. The highest BCUT2D eigenvalue weighted by Gasteiger charge is 2.65. The second kappa shape index (κ2) is 25.1. The number of hydrogen-bond donors (Lipinski definition) is 4. The van der Waals surface area contributed by atoms with E-state index < -0.39 is 10.0 Å². The van der Waals surface area contributed by atoms with Crippen molar-refractivity contribution < 1.29 is 22.6 Å². The summed E-state index contributed by atoms with van der Waals surface area (Å²) in [5.74, 6) is 14.1. The molecule has 13 aliphatic carbocycles. The minimum atomic E-state index is -3.26. The molecule has 103 heavy (non-hydrogen) atoms. The maximum Gasteiger partial charge on any atom is 0.211 e. The molecule has 0 aromatic carbocycles. The molecule has 3 aromatic heterocycles. The molecule has 7 saturated carbocycles. The third kappa shape index (κ3) is 10.9. The lowest BCUT2D eigenvalue weighted by molar-refractivity contribution is -0.0763. The van der Waals surface area contributed by atoms with Crippen LogP contribution in [-0.2, 0) is 62.8 Å². The van der Waals surface area contributed by atoms with E-state index in [-0.39, 0.29) is 34.9 Å². The number of nitrogens with one attached hydrogen (secondary N) is 4. The van der Waals surface area contributed by atoms with Crippen molar-refractivity contribution in [1.29, 1.82) is 0 Å².